The van der Waals surface area contributed by atoms with Crippen molar-refractivity contribution in [1.82, 2.24) is 0 Å². The Hall–Kier alpha value is -2.54. The molecule has 1 heteroatoms. The van der Waals surface area contributed by atoms with Crippen molar-refractivity contribution in [3.8, 4) is 0 Å². The van der Waals surface area contributed by atoms with Crippen LogP contribution < -0.4 is 4.90 Å². The van der Waals surface area contributed by atoms with Gasteiger partial charge in [-0.3, -0.25) is 0 Å². The lowest BCUT2D eigenvalue weighted by Gasteiger charge is -2.26. The van der Waals surface area contributed by atoms with Gasteiger partial charge < -0.3 is 4.90 Å². The molecule has 0 spiro atoms. The zero-order valence-electron chi connectivity index (χ0n) is 12.6. The number of nitrogens with zero attached hydrogens (tertiary/aromatic N) is 1. The van der Waals surface area contributed by atoms with Gasteiger partial charge in [0.15, 0.2) is 0 Å². The largest absolute Gasteiger partial charge is 0.311 e. The van der Waals surface area contributed by atoms with Crippen molar-refractivity contribution in [3.05, 3.63) is 96.7 Å². The van der Waals surface area contributed by atoms with Crippen molar-refractivity contribution in [2.45, 2.75) is 13.8 Å². The van der Waals surface area contributed by atoms with Gasteiger partial charge in [-0.15, -0.1) is 0 Å². The van der Waals surface area contributed by atoms with Crippen LogP contribution in [0.5, 0.6) is 0 Å². The molecule has 21 heavy (non-hydrogen) atoms. The van der Waals surface area contributed by atoms with E-state index in [0.29, 0.717) is 0 Å². The van der Waals surface area contributed by atoms with E-state index in [1.165, 1.54) is 0 Å². The summed E-state index contributed by atoms with van der Waals surface area (Å²) in [6, 6.07) is 20.8. The maximum atomic E-state index is 2.25. The first-order valence-corrected chi connectivity index (χ1v) is 7.22. The summed E-state index contributed by atoms with van der Waals surface area (Å²) in [5.74, 6) is 0. The third kappa shape index (κ3) is 3.96. The van der Waals surface area contributed by atoms with Crippen LogP contribution in [0.1, 0.15) is 13.8 Å². The van der Waals surface area contributed by atoms with E-state index in [-0.39, 0.29) is 0 Å². The second kappa shape index (κ2) is 7.91. The van der Waals surface area contributed by atoms with E-state index < -0.39 is 0 Å². The molecule has 2 aromatic rings. The summed E-state index contributed by atoms with van der Waals surface area (Å²) in [4.78, 5) is 2.25. The average molecular weight is 275 g/mol. The highest BCUT2D eigenvalue weighted by atomic mass is 15.1. The molecule has 2 rings (SSSR count). The molecule has 0 fully saturated rings. The van der Waals surface area contributed by atoms with Gasteiger partial charge in [0.2, 0.25) is 0 Å². The van der Waals surface area contributed by atoms with E-state index in [9.17, 15) is 0 Å². The third-order valence-electron chi connectivity index (χ3n) is 3.08. The van der Waals surface area contributed by atoms with Crippen LogP contribution >= 0.6 is 0 Å². The van der Waals surface area contributed by atoms with Crippen LogP contribution in [0.3, 0.4) is 0 Å². The Morgan fingerprint density at radius 3 is 1.71 bits per heavy atom. The highest BCUT2D eigenvalue weighted by molar-refractivity contribution is 5.70. The maximum absolute atomic E-state index is 2.25. The molecule has 0 aliphatic heterocycles. The van der Waals surface area contributed by atoms with E-state index >= 15 is 0 Å². The van der Waals surface area contributed by atoms with Gasteiger partial charge in [0, 0.05) is 17.1 Å². The van der Waals surface area contributed by atoms with Crippen molar-refractivity contribution < 1.29 is 0 Å². The van der Waals surface area contributed by atoms with Crippen molar-refractivity contribution >= 4 is 11.4 Å². The molecule has 0 unspecified atom stereocenters. The van der Waals surface area contributed by atoms with Crippen LogP contribution in [0.15, 0.2) is 96.7 Å². The number of para-hydroxylation sites is 2. The van der Waals surface area contributed by atoms with Crippen LogP contribution in [0, 0.1) is 0 Å². The van der Waals surface area contributed by atoms with Gasteiger partial charge in [-0.2, -0.15) is 0 Å². The number of rotatable bonds is 5. The predicted molar refractivity (Wildman–Crippen MR) is 92.7 cm³/mol. The van der Waals surface area contributed by atoms with E-state index in [1.807, 2.05) is 32.1 Å². The van der Waals surface area contributed by atoms with Crippen LogP contribution in [-0.2, 0) is 0 Å². The summed E-state index contributed by atoms with van der Waals surface area (Å²) in [5.41, 5.74) is 3.43. The summed E-state index contributed by atoms with van der Waals surface area (Å²) in [6.45, 7) is 4.07. The first-order valence-electron chi connectivity index (χ1n) is 7.22. The van der Waals surface area contributed by atoms with Gasteiger partial charge in [0.05, 0.1) is 0 Å². The lowest BCUT2D eigenvalue weighted by Crippen LogP contribution is -2.14. The molecule has 0 atom stereocenters. The number of hydrogen-bond acceptors (Lipinski definition) is 1. The van der Waals surface area contributed by atoms with E-state index in [2.05, 4.69) is 77.7 Å². The number of anilines is 2. The van der Waals surface area contributed by atoms with Gasteiger partial charge in [-0.05, 0) is 50.3 Å². The number of benzene rings is 2. The summed E-state index contributed by atoms with van der Waals surface area (Å²) in [6.07, 6.45) is 10.4. The van der Waals surface area contributed by atoms with Crippen molar-refractivity contribution in [2.75, 3.05) is 4.90 Å². The first kappa shape index (κ1) is 14.9. The number of hydrogen-bond donors (Lipinski definition) is 0. The second-order valence-electron chi connectivity index (χ2n) is 4.62. The topological polar surface area (TPSA) is 3.24 Å². The minimum absolute atomic E-state index is 1.13. The Kier molecular flexibility index (Phi) is 5.60. The zero-order valence-corrected chi connectivity index (χ0v) is 12.6. The van der Waals surface area contributed by atoms with Crippen LogP contribution in [0.2, 0.25) is 0 Å². The summed E-state index contributed by atoms with van der Waals surface area (Å²) in [5, 5.41) is 0. The fourth-order valence-corrected chi connectivity index (χ4v) is 2.17. The standard InChI is InChI=1S/C20H21N/c1-3-5-13-18(12-4-2)21(19-14-8-6-9-15-19)20-16-10-7-11-17-20/h3-17H,1-2H3/b5-3-,12-4-,18-13+. The Labute approximate surface area is 127 Å². The Balaban J connectivity index is 2.55. The minimum atomic E-state index is 1.13. The smallest absolute Gasteiger partial charge is 0.0461 e. The fourth-order valence-electron chi connectivity index (χ4n) is 2.17. The zero-order chi connectivity index (χ0) is 14.9. The molecule has 0 N–H and O–H groups in total. The summed E-state index contributed by atoms with van der Waals surface area (Å²) in [7, 11) is 0. The van der Waals surface area contributed by atoms with Crippen LogP contribution in [0.4, 0.5) is 11.4 Å². The maximum Gasteiger partial charge on any atom is 0.0461 e. The molecule has 0 radical (unpaired) electrons. The van der Waals surface area contributed by atoms with Crippen LogP contribution in [-0.4, -0.2) is 0 Å². The normalized spacial score (nSPS) is 12.2. The SMILES string of the molecule is C\C=C/C=C(\C=C/C)N(c1ccccc1)c1ccccc1. The van der Waals surface area contributed by atoms with Gasteiger partial charge in [0.25, 0.3) is 0 Å². The molecule has 1 nitrogen and oxygen atoms in total. The molecule has 0 amide bonds. The average Bonchev–Trinajstić information content (AvgIpc) is 2.55. The fraction of sp³-hybridized carbons (Fsp3) is 0.100. The molecular weight excluding hydrogens is 254 g/mol. The predicted octanol–water partition coefficient (Wildman–Crippen LogP) is 5.86. The Morgan fingerprint density at radius 1 is 0.762 bits per heavy atom. The molecule has 0 bridgehead atoms. The Bertz CT molecular complexity index is 582. The second-order valence-corrected chi connectivity index (χ2v) is 4.62. The molecular formula is C20H21N. The molecule has 0 aliphatic rings. The van der Waals surface area contributed by atoms with Gasteiger partial charge in [0.1, 0.15) is 0 Å². The summed E-state index contributed by atoms with van der Waals surface area (Å²) >= 11 is 0. The van der Waals surface area contributed by atoms with E-state index in [0.717, 1.165) is 17.1 Å². The van der Waals surface area contributed by atoms with Crippen molar-refractivity contribution in [2.24, 2.45) is 0 Å². The van der Waals surface area contributed by atoms with Gasteiger partial charge >= 0.3 is 0 Å². The molecule has 0 saturated carbocycles. The minimum Gasteiger partial charge on any atom is -0.311 e. The third-order valence-corrected chi connectivity index (χ3v) is 3.08. The molecule has 106 valence electrons. The highest BCUT2D eigenvalue weighted by Crippen LogP contribution is 2.30. The quantitative estimate of drug-likeness (QED) is 0.618. The Morgan fingerprint density at radius 2 is 1.29 bits per heavy atom. The monoisotopic (exact) mass is 275 g/mol. The molecule has 2 aromatic carbocycles. The first-order chi connectivity index (χ1) is 10.4. The van der Waals surface area contributed by atoms with Gasteiger partial charge in [-0.25, -0.2) is 0 Å². The molecule has 0 aromatic heterocycles. The van der Waals surface area contributed by atoms with Gasteiger partial charge in [-0.1, -0.05) is 54.6 Å². The molecule has 0 heterocycles. The van der Waals surface area contributed by atoms with Crippen molar-refractivity contribution in [3.63, 3.8) is 0 Å². The molecule has 0 saturated heterocycles. The number of allylic oxidation sites excluding steroid dienone is 5. The lowest BCUT2D eigenvalue weighted by atomic mass is 10.2. The van der Waals surface area contributed by atoms with E-state index in [1.54, 1.807) is 0 Å². The highest BCUT2D eigenvalue weighted by Gasteiger charge is 2.11. The van der Waals surface area contributed by atoms with Crippen LogP contribution in [0.25, 0.3) is 0 Å². The summed E-state index contributed by atoms with van der Waals surface area (Å²) < 4.78 is 0. The lowest BCUT2D eigenvalue weighted by molar-refractivity contribution is 1.21. The van der Waals surface area contributed by atoms with E-state index in [4.69, 9.17) is 0 Å². The molecule has 0 aliphatic carbocycles. The van der Waals surface area contributed by atoms with Crippen molar-refractivity contribution in [1.29, 1.82) is 0 Å².